The number of Topliss-reactive ketones (excluding diaryl/α,β-unsaturated/α-hetero) is 1. The van der Waals surface area contributed by atoms with Gasteiger partial charge in [-0.25, -0.2) is 4.39 Å². The van der Waals surface area contributed by atoms with Crippen molar-refractivity contribution in [3.8, 4) is 5.75 Å². The number of nitrogens with zero attached hydrogens (tertiary/aromatic N) is 1. The van der Waals surface area contributed by atoms with Gasteiger partial charge in [0.15, 0.2) is 6.10 Å². The Kier molecular flexibility index (Phi) is 7.05. The van der Waals surface area contributed by atoms with Crippen LogP contribution in [0, 0.1) is 11.7 Å². The predicted molar refractivity (Wildman–Crippen MR) is 109 cm³/mol. The molecule has 0 unspecified atom stereocenters. The number of esters is 1. The van der Waals surface area contributed by atoms with Gasteiger partial charge in [0.05, 0.1) is 13.0 Å². The Morgan fingerprint density at radius 3 is 2.63 bits per heavy atom. The minimum Gasteiger partial charge on any atom is -0.497 e. The average Bonchev–Trinajstić information content (AvgIpc) is 3.15. The van der Waals surface area contributed by atoms with Crippen molar-refractivity contribution < 1.29 is 28.2 Å². The number of carbonyl (C=O) groups is 3. The topological polar surface area (TPSA) is 72.9 Å². The highest BCUT2D eigenvalue weighted by Crippen LogP contribution is 2.29. The number of benzene rings is 2. The normalized spacial score (nSPS) is 17.0. The minimum absolute atomic E-state index is 0.0195. The predicted octanol–water partition coefficient (Wildman–Crippen LogP) is 3.61. The lowest BCUT2D eigenvalue weighted by atomic mass is 10.0. The van der Waals surface area contributed by atoms with Gasteiger partial charge in [0.1, 0.15) is 11.6 Å². The molecule has 1 aliphatic heterocycles. The molecule has 1 saturated heterocycles. The van der Waals surface area contributed by atoms with E-state index < -0.39 is 29.6 Å². The quantitative estimate of drug-likeness (QED) is 0.361. The molecule has 1 fully saturated rings. The zero-order valence-electron chi connectivity index (χ0n) is 16.3. The maximum Gasteiger partial charge on any atom is 0.312 e. The van der Waals surface area contributed by atoms with Crippen molar-refractivity contribution in [1.82, 2.24) is 0 Å². The van der Waals surface area contributed by atoms with E-state index in [2.05, 4.69) is 0 Å². The molecule has 0 aromatic heterocycles. The van der Waals surface area contributed by atoms with Crippen LogP contribution in [0.5, 0.6) is 5.75 Å². The van der Waals surface area contributed by atoms with Crippen molar-refractivity contribution in [3.63, 3.8) is 0 Å². The first-order valence-electron chi connectivity index (χ1n) is 9.43. The number of alkyl halides is 1. The SMILES string of the molecule is COc1cccc(N2C[C@@H](C(=O)O[C@@H](CCCl)C(=O)c3ccc(F)cc3)CC2=O)c1. The minimum atomic E-state index is -1.10. The Morgan fingerprint density at radius 1 is 1.23 bits per heavy atom. The molecule has 1 heterocycles. The summed E-state index contributed by atoms with van der Waals surface area (Å²) in [6.07, 6.45) is -1.00. The molecule has 0 saturated carbocycles. The Labute approximate surface area is 178 Å². The standard InChI is InChI=1S/C22H21ClFNO5/c1-29-18-4-2-3-17(12-18)25-13-15(11-20(25)26)22(28)30-19(9-10-23)21(27)14-5-7-16(24)8-6-14/h2-8,12,15,19H,9-11,13H2,1H3/t15-,19-/m0/s1. The second-order valence-corrected chi connectivity index (χ2v) is 7.26. The van der Waals surface area contributed by atoms with E-state index in [-0.39, 0.29) is 36.7 Å². The molecule has 0 aliphatic carbocycles. The van der Waals surface area contributed by atoms with E-state index in [1.165, 1.54) is 24.1 Å². The molecule has 30 heavy (non-hydrogen) atoms. The zero-order chi connectivity index (χ0) is 21.7. The fourth-order valence-electron chi connectivity index (χ4n) is 3.27. The first-order valence-corrected chi connectivity index (χ1v) is 9.97. The first kappa shape index (κ1) is 21.8. The number of hydrogen-bond acceptors (Lipinski definition) is 5. The molecular formula is C22H21ClFNO5. The van der Waals surface area contributed by atoms with Gasteiger partial charge in [-0.1, -0.05) is 6.07 Å². The van der Waals surface area contributed by atoms with Gasteiger partial charge < -0.3 is 14.4 Å². The van der Waals surface area contributed by atoms with Crippen LogP contribution in [0.15, 0.2) is 48.5 Å². The highest BCUT2D eigenvalue weighted by molar-refractivity contribution is 6.18. The number of carbonyl (C=O) groups excluding carboxylic acids is 3. The monoisotopic (exact) mass is 433 g/mol. The van der Waals surface area contributed by atoms with E-state index in [0.717, 1.165) is 12.1 Å². The molecule has 1 amide bonds. The van der Waals surface area contributed by atoms with Crippen molar-refractivity contribution in [3.05, 3.63) is 59.9 Å². The Bertz CT molecular complexity index is 933. The highest BCUT2D eigenvalue weighted by atomic mass is 35.5. The largest absolute Gasteiger partial charge is 0.497 e. The summed E-state index contributed by atoms with van der Waals surface area (Å²) in [7, 11) is 1.53. The van der Waals surface area contributed by atoms with Gasteiger partial charge in [-0.15, -0.1) is 11.6 Å². The van der Waals surface area contributed by atoms with E-state index in [4.69, 9.17) is 21.1 Å². The molecule has 0 radical (unpaired) electrons. The van der Waals surface area contributed by atoms with Crippen LogP contribution in [0.4, 0.5) is 10.1 Å². The van der Waals surface area contributed by atoms with Crippen LogP contribution < -0.4 is 9.64 Å². The zero-order valence-corrected chi connectivity index (χ0v) is 17.1. The molecular weight excluding hydrogens is 413 g/mol. The number of amides is 1. The molecule has 0 spiro atoms. The number of halogens is 2. The molecule has 1 aliphatic rings. The Balaban J connectivity index is 1.69. The number of methoxy groups -OCH3 is 1. The van der Waals surface area contributed by atoms with Crippen LogP contribution >= 0.6 is 11.6 Å². The second-order valence-electron chi connectivity index (χ2n) is 6.88. The fourth-order valence-corrected chi connectivity index (χ4v) is 3.47. The lowest BCUT2D eigenvalue weighted by molar-refractivity contribution is -0.151. The number of rotatable bonds is 8. The summed E-state index contributed by atoms with van der Waals surface area (Å²) in [5.74, 6) is -1.80. The maximum atomic E-state index is 13.1. The van der Waals surface area contributed by atoms with Crippen molar-refractivity contribution in [2.45, 2.75) is 18.9 Å². The van der Waals surface area contributed by atoms with Crippen LogP contribution in [0.1, 0.15) is 23.2 Å². The van der Waals surface area contributed by atoms with E-state index in [1.54, 1.807) is 24.3 Å². The summed E-state index contributed by atoms with van der Waals surface area (Å²) in [5.41, 5.74) is 0.842. The summed E-state index contributed by atoms with van der Waals surface area (Å²) < 4.78 is 23.7. The smallest absolute Gasteiger partial charge is 0.312 e. The number of ketones is 1. The average molecular weight is 434 g/mol. The molecule has 3 rings (SSSR count). The van der Waals surface area contributed by atoms with Crippen LogP contribution in [0.25, 0.3) is 0 Å². The lowest BCUT2D eigenvalue weighted by Gasteiger charge is -2.19. The van der Waals surface area contributed by atoms with Crippen LogP contribution in [-0.2, 0) is 14.3 Å². The molecule has 6 nitrogen and oxygen atoms in total. The summed E-state index contributed by atoms with van der Waals surface area (Å²) in [4.78, 5) is 39.3. The number of hydrogen-bond donors (Lipinski definition) is 0. The first-order chi connectivity index (χ1) is 14.4. The molecule has 2 atom stereocenters. The Morgan fingerprint density at radius 2 is 1.97 bits per heavy atom. The van der Waals surface area contributed by atoms with Crippen LogP contribution in [-0.4, -0.2) is 43.3 Å². The third kappa shape index (κ3) is 4.97. The number of anilines is 1. The van der Waals surface area contributed by atoms with Crippen molar-refractivity contribution >= 4 is 34.9 Å². The molecule has 0 N–H and O–H groups in total. The van der Waals surface area contributed by atoms with E-state index >= 15 is 0 Å². The molecule has 158 valence electrons. The summed E-state index contributed by atoms with van der Waals surface area (Å²) >= 11 is 5.77. The van der Waals surface area contributed by atoms with Gasteiger partial charge in [-0.2, -0.15) is 0 Å². The van der Waals surface area contributed by atoms with E-state index in [9.17, 15) is 18.8 Å². The van der Waals surface area contributed by atoms with Crippen LogP contribution in [0.2, 0.25) is 0 Å². The van der Waals surface area contributed by atoms with Gasteiger partial charge >= 0.3 is 5.97 Å². The maximum absolute atomic E-state index is 13.1. The molecule has 8 heteroatoms. The summed E-state index contributed by atoms with van der Waals surface area (Å²) in [6.45, 7) is 0.142. The van der Waals surface area contributed by atoms with Gasteiger partial charge in [0.25, 0.3) is 0 Å². The summed E-state index contributed by atoms with van der Waals surface area (Å²) in [6, 6.07) is 12.0. The fraction of sp³-hybridized carbons (Fsp3) is 0.318. The van der Waals surface area contributed by atoms with Gasteiger partial charge in [0, 0.05) is 42.6 Å². The molecule has 0 bridgehead atoms. The van der Waals surface area contributed by atoms with E-state index in [1.807, 2.05) is 0 Å². The third-order valence-corrected chi connectivity index (χ3v) is 5.09. The number of ether oxygens (including phenoxy) is 2. The van der Waals surface area contributed by atoms with Crippen molar-refractivity contribution in [2.75, 3.05) is 24.4 Å². The van der Waals surface area contributed by atoms with Gasteiger partial charge in [-0.05, 0) is 36.4 Å². The second kappa shape index (κ2) is 9.71. The van der Waals surface area contributed by atoms with Crippen molar-refractivity contribution in [2.24, 2.45) is 5.92 Å². The summed E-state index contributed by atoms with van der Waals surface area (Å²) in [5, 5.41) is 0. The lowest BCUT2D eigenvalue weighted by Crippen LogP contribution is -2.32. The van der Waals surface area contributed by atoms with Crippen molar-refractivity contribution in [1.29, 1.82) is 0 Å². The Hall–Kier alpha value is -2.93. The van der Waals surface area contributed by atoms with Gasteiger partial charge in [-0.3, -0.25) is 14.4 Å². The van der Waals surface area contributed by atoms with Crippen LogP contribution in [0.3, 0.4) is 0 Å². The molecule has 2 aromatic carbocycles. The molecule has 2 aromatic rings. The van der Waals surface area contributed by atoms with E-state index in [0.29, 0.717) is 11.4 Å². The van der Waals surface area contributed by atoms with Gasteiger partial charge in [0.2, 0.25) is 11.7 Å². The third-order valence-electron chi connectivity index (χ3n) is 4.87. The highest BCUT2D eigenvalue weighted by Gasteiger charge is 2.38.